The maximum absolute atomic E-state index is 13.1. The molecule has 1 saturated carbocycles. The quantitative estimate of drug-likeness (QED) is 0.702. The van der Waals surface area contributed by atoms with Gasteiger partial charge in [0, 0.05) is 32.2 Å². The summed E-state index contributed by atoms with van der Waals surface area (Å²) in [5.41, 5.74) is -0.484. The summed E-state index contributed by atoms with van der Waals surface area (Å²) in [7, 11) is 1.65. The van der Waals surface area contributed by atoms with Crippen molar-refractivity contribution in [2.24, 2.45) is 0 Å². The van der Waals surface area contributed by atoms with E-state index in [9.17, 15) is 14.4 Å². The van der Waals surface area contributed by atoms with Gasteiger partial charge >= 0.3 is 0 Å². The average molecular weight is 431 g/mol. The van der Waals surface area contributed by atoms with E-state index in [2.05, 4.69) is 20.6 Å². The van der Waals surface area contributed by atoms with Crippen LogP contribution in [0.3, 0.4) is 0 Å². The summed E-state index contributed by atoms with van der Waals surface area (Å²) in [6, 6.07) is 1.69. The largest absolute Gasteiger partial charge is 0.351 e. The summed E-state index contributed by atoms with van der Waals surface area (Å²) in [6.07, 6.45) is 7.84. The van der Waals surface area contributed by atoms with Gasteiger partial charge in [-0.05, 0) is 45.7 Å². The Bertz CT molecular complexity index is 840. The first-order chi connectivity index (χ1) is 14.9. The Hall–Kier alpha value is -2.42. The highest BCUT2D eigenvalue weighted by Crippen LogP contribution is 2.27. The summed E-state index contributed by atoms with van der Waals surface area (Å²) >= 11 is 0. The summed E-state index contributed by atoms with van der Waals surface area (Å²) < 4.78 is 1.51. The van der Waals surface area contributed by atoms with Crippen LogP contribution in [0.2, 0.25) is 0 Å². The van der Waals surface area contributed by atoms with E-state index >= 15 is 0 Å². The minimum absolute atomic E-state index is 0.159. The molecule has 0 radical (unpaired) electrons. The summed E-state index contributed by atoms with van der Waals surface area (Å²) in [6.45, 7) is 5.53. The second-order valence-electron chi connectivity index (χ2n) is 9.32. The fraction of sp³-hybridized carbons (Fsp3) is 0.727. The van der Waals surface area contributed by atoms with Gasteiger partial charge in [-0.25, -0.2) is 0 Å². The average Bonchev–Trinajstić information content (AvgIpc) is 3.43. The van der Waals surface area contributed by atoms with Crippen molar-refractivity contribution < 1.29 is 14.4 Å². The Balaban J connectivity index is 1.42. The molecule has 1 aromatic rings. The molecule has 170 valence electrons. The fourth-order valence-electron chi connectivity index (χ4n) is 4.85. The first kappa shape index (κ1) is 21.8. The molecule has 3 heterocycles. The number of nitrogens with zero attached hydrogens (tertiary/aromatic N) is 4. The molecule has 1 aliphatic carbocycles. The van der Waals surface area contributed by atoms with Gasteiger partial charge in [0.2, 0.25) is 5.91 Å². The number of likely N-dealkylation sites (N-methyl/N-ethyl adjacent to an activating group) is 1. The third kappa shape index (κ3) is 4.46. The molecule has 9 heteroatoms. The Morgan fingerprint density at radius 1 is 1.16 bits per heavy atom. The molecular formula is C22H34N6O3. The van der Waals surface area contributed by atoms with Crippen molar-refractivity contribution in [2.75, 3.05) is 33.2 Å². The number of aromatic nitrogens is 2. The van der Waals surface area contributed by atoms with E-state index in [0.717, 1.165) is 45.3 Å². The van der Waals surface area contributed by atoms with Gasteiger partial charge in [0.05, 0.1) is 6.54 Å². The standard InChI is InChI=1S/C22H34N6O3/c1-22(21(31)24-16-8-4-3-5-9-16)15-28-18(20(30)26(22)2)14-17(25-28)19(29)23-10-13-27-11-6-7-12-27/h14,16H,3-13,15H2,1-2H3,(H,23,29)(H,24,31). The zero-order chi connectivity index (χ0) is 22.0. The van der Waals surface area contributed by atoms with Crippen LogP contribution in [0.25, 0.3) is 0 Å². The van der Waals surface area contributed by atoms with Crippen LogP contribution in [-0.4, -0.2) is 82.1 Å². The van der Waals surface area contributed by atoms with Crippen LogP contribution in [-0.2, 0) is 11.3 Å². The van der Waals surface area contributed by atoms with Crippen LogP contribution in [0.5, 0.6) is 0 Å². The molecule has 2 aliphatic heterocycles. The molecule has 2 fully saturated rings. The fourth-order valence-corrected chi connectivity index (χ4v) is 4.85. The van der Waals surface area contributed by atoms with Crippen molar-refractivity contribution in [2.45, 2.75) is 70.0 Å². The monoisotopic (exact) mass is 430 g/mol. The maximum atomic E-state index is 13.1. The van der Waals surface area contributed by atoms with Crippen LogP contribution in [0.4, 0.5) is 0 Å². The van der Waals surface area contributed by atoms with Gasteiger partial charge in [-0.2, -0.15) is 5.10 Å². The van der Waals surface area contributed by atoms with Crippen LogP contribution < -0.4 is 10.6 Å². The third-order valence-electron chi connectivity index (χ3n) is 7.08. The van der Waals surface area contributed by atoms with Crippen molar-refractivity contribution in [3.05, 3.63) is 17.5 Å². The van der Waals surface area contributed by atoms with Crippen molar-refractivity contribution in [3.8, 4) is 0 Å². The van der Waals surface area contributed by atoms with E-state index in [1.54, 1.807) is 14.0 Å². The first-order valence-corrected chi connectivity index (χ1v) is 11.6. The third-order valence-corrected chi connectivity index (χ3v) is 7.08. The number of carbonyl (C=O) groups is 3. The second kappa shape index (κ2) is 8.98. The lowest BCUT2D eigenvalue weighted by Gasteiger charge is -2.41. The highest BCUT2D eigenvalue weighted by atomic mass is 16.2. The SMILES string of the molecule is CN1C(=O)c2cc(C(=O)NCCN3CCCC3)nn2CC1(C)C(=O)NC1CCCCC1. The van der Waals surface area contributed by atoms with E-state index in [-0.39, 0.29) is 36.0 Å². The lowest BCUT2D eigenvalue weighted by atomic mass is 9.92. The summed E-state index contributed by atoms with van der Waals surface area (Å²) in [5.74, 6) is -0.742. The normalized spacial score (nSPS) is 24.8. The number of hydrogen-bond donors (Lipinski definition) is 2. The van der Waals surface area contributed by atoms with Gasteiger partial charge in [-0.3, -0.25) is 19.1 Å². The van der Waals surface area contributed by atoms with E-state index < -0.39 is 5.54 Å². The topological polar surface area (TPSA) is 99.6 Å². The second-order valence-corrected chi connectivity index (χ2v) is 9.32. The molecule has 1 atom stereocenters. The van der Waals surface area contributed by atoms with Gasteiger partial charge in [0.15, 0.2) is 5.69 Å². The molecular weight excluding hydrogens is 396 g/mol. The zero-order valence-corrected chi connectivity index (χ0v) is 18.7. The number of amides is 3. The summed E-state index contributed by atoms with van der Waals surface area (Å²) in [5, 5.41) is 10.4. The van der Waals surface area contributed by atoms with Crippen molar-refractivity contribution in [1.29, 1.82) is 0 Å². The highest BCUT2D eigenvalue weighted by Gasteiger charge is 2.46. The molecule has 3 amide bonds. The van der Waals surface area contributed by atoms with Gasteiger partial charge in [-0.1, -0.05) is 19.3 Å². The highest BCUT2D eigenvalue weighted by molar-refractivity contribution is 6.01. The number of nitrogens with one attached hydrogen (secondary N) is 2. The molecule has 1 unspecified atom stereocenters. The maximum Gasteiger partial charge on any atom is 0.272 e. The van der Waals surface area contributed by atoms with Crippen LogP contribution in [0.15, 0.2) is 6.07 Å². The van der Waals surface area contributed by atoms with Crippen molar-refractivity contribution >= 4 is 17.7 Å². The number of hydrogen-bond acceptors (Lipinski definition) is 5. The molecule has 4 rings (SSSR count). The number of fused-ring (bicyclic) bond motifs is 1. The van der Waals surface area contributed by atoms with E-state index in [0.29, 0.717) is 12.2 Å². The Morgan fingerprint density at radius 3 is 2.58 bits per heavy atom. The molecule has 2 N–H and O–H groups in total. The lowest BCUT2D eigenvalue weighted by Crippen LogP contribution is -2.63. The molecule has 0 spiro atoms. The Morgan fingerprint density at radius 2 is 1.87 bits per heavy atom. The van der Waals surface area contributed by atoms with Crippen molar-refractivity contribution in [3.63, 3.8) is 0 Å². The predicted molar refractivity (Wildman–Crippen MR) is 116 cm³/mol. The predicted octanol–water partition coefficient (Wildman–Crippen LogP) is 1.00. The van der Waals surface area contributed by atoms with Gasteiger partial charge in [0.1, 0.15) is 11.2 Å². The molecule has 3 aliphatic rings. The lowest BCUT2D eigenvalue weighted by molar-refractivity contribution is -0.133. The van der Waals surface area contributed by atoms with Gasteiger partial charge < -0.3 is 20.4 Å². The van der Waals surface area contributed by atoms with Crippen LogP contribution in [0, 0.1) is 0 Å². The molecule has 0 bridgehead atoms. The minimum Gasteiger partial charge on any atom is -0.351 e. The molecule has 31 heavy (non-hydrogen) atoms. The van der Waals surface area contributed by atoms with E-state index in [1.165, 1.54) is 34.9 Å². The Kier molecular flexibility index (Phi) is 6.31. The van der Waals surface area contributed by atoms with E-state index in [1.807, 2.05) is 0 Å². The molecule has 1 aromatic heterocycles. The number of likely N-dealkylation sites (tertiary alicyclic amines) is 1. The molecule has 9 nitrogen and oxygen atoms in total. The zero-order valence-electron chi connectivity index (χ0n) is 18.7. The first-order valence-electron chi connectivity index (χ1n) is 11.6. The van der Waals surface area contributed by atoms with Crippen molar-refractivity contribution in [1.82, 2.24) is 30.2 Å². The van der Waals surface area contributed by atoms with Gasteiger partial charge in [-0.15, -0.1) is 0 Å². The smallest absolute Gasteiger partial charge is 0.272 e. The molecule has 0 aromatic carbocycles. The number of rotatable bonds is 6. The number of carbonyl (C=O) groups excluding carboxylic acids is 3. The minimum atomic E-state index is -1.04. The molecule has 1 saturated heterocycles. The summed E-state index contributed by atoms with van der Waals surface area (Å²) in [4.78, 5) is 42.5. The van der Waals surface area contributed by atoms with E-state index in [4.69, 9.17) is 0 Å². The van der Waals surface area contributed by atoms with Crippen LogP contribution in [0.1, 0.15) is 72.8 Å². The van der Waals surface area contributed by atoms with Crippen LogP contribution >= 0.6 is 0 Å². The Labute approximate surface area is 183 Å². The van der Waals surface area contributed by atoms with Gasteiger partial charge in [0.25, 0.3) is 11.8 Å².